The lowest BCUT2D eigenvalue weighted by Gasteiger charge is -2.27. The van der Waals surface area contributed by atoms with E-state index in [-0.39, 0.29) is 24.0 Å². The summed E-state index contributed by atoms with van der Waals surface area (Å²) in [5, 5.41) is 5.69. The summed E-state index contributed by atoms with van der Waals surface area (Å²) in [6, 6.07) is 6.81. The van der Waals surface area contributed by atoms with Gasteiger partial charge in [-0.3, -0.25) is 4.79 Å². The van der Waals surface area contributed by atoms with Crippen molar-refractivity contribution in [3.05, 3.63) is 29.8 Å². The Kier molecular flexibility index (Phi) is 4.74. The van der Waals surface area contributed by atoms with Gasteiger partial charge in [-0.05, 0) is 38.8 Å². The van der Waals surface area contributed by atoms with Gasteiger partial charge in [0, 0.05) is 23.9 Å². The van der Waals surface area contributed by atoms with E-state index in [0.717, 1.165) is 12.8 Å². The Bertz CT molecular complexity index is 502. The molecule has 1 aromatic carbocycles. The topological polar surface area (TPSA) is 67.4 Å². The second-order valence-electron chi connectivity index (χ2n) is 5.14. The van der Waals surface area contributed by atoms with Gasteiger partial charge in [-0.2, -0.15) is 0 Å². The number of ketones is 1. The molecular formula is C15H20N2O3. The lowest BCUT2D eigenvalue weighted by atomic mass is 10.0. The van der Waals surface area contributed by atoms with Crippen molar-refractivity contribution < 1.29 is 14.3 Å². The highest BCUT2D eigenvalue weighted by Crippen LogP contribution is 2.14. The molecule has 1 aliphatic heterocycles. The Morgan fingerprint density at radius 3 is 2.85 bits per heavy atom. The van der Waals surface area contributed by atoms with E-state index < -0.39 is 0 Å². The Hall–Kier alpha value is -1.88. The van der Waals surface area contributed by atoms with Gasteiger partial charge in [0.25, 0.3) is 0 Å². The molecule has 2 unspecified atom stereocenters. The minimum absolute atomic E-state index is 0.0210. The lowest BCUT2D eigenvalue weighted by Crippen LogP contribution is -2.43. The summed E-state index contributed by atoms with van der Waals surface area (Å²) in [6.45, 7) is 4.18. The quantitative estimate of drug-likeness (QED) is 0.834. The summed E-state index contributed by atoms with van der Waals surface area (Å²) >= 11 is 0. The first-order chi connectivity index (χ1) is 9.54. The first-order valence-corrected chi connectivity index (χ1v) is 6.84. The predicted molar refractivity (Wildman–Crippen MR) is 77.0 cm³/mol. The number of anilines is 1. The zero-order valence-electron chi connectivity index (χ0n) is 11.8. The largest absolute Gasteiger partial charge is 0.378 e. The molecule has 0 spiro atoms. The molecule has 1 aliphatic rings. The molecule has 0 aliphatic carbocycles. The van der Waals surface area contributed by atoms with Crippen molar-refractivity contribution in [2.75, 3.05) is 11.9 Å². The smallest absolute Gasteiger partial charge is 0.319 e. The maximum absolute atomic E-state index is 11.9. The van der Waals surface area contributed by atoms with E-state index in [9.17, 15) is 9.59 Å². The van der Waals surface area contributed by atoms with Crippen molar-refractivity contribution in [2.45, 2.75) is 38.8 Å². The van der Waals surface area contributed by atoms with Crippen LogP contribution in [-0.4, -0.2) is 30.6 Å². The van der Waals surface area contributed by atoms with E-state index in [1.807, 2.05) is 6.92 Å². The third-order valence-electron chi connectivity index (χ3n) is 3.35. The summed E-state index contributed by atoms with van der Waals surface area (Å²) in [5.41, 5.74) is 1.21. The zero-order chi connectivity index (χ0) is 14.5. The fourth-order valence-electron chi connectivity index (χ4n) is 2.30. The fourth-order valence-corrected chi connectivity index (χ4v) is 2.30. The number of carbonyl (C=O) groups excluding carboxylic acids is 2. The average Bonchev–Trinajstić information content (AvgIpc) is 2.38. The zero-order valence-corrected chi connectivity index (χ0v) is 11.8. The summed E-state index contributed by atoms with van der Waals surface area (Å²) in [6.07, 6.45) is 1.82. The van der Waals surface area contributed by atoms with Crippen LogP contribution in [0, 0.1) is 0 Å². The maximum atomic E-state index is 11.9. The molecule has 108 valence electrons. The van der Waals surface area contributed by atoms with E-state index in [0.29, 0.717) is 17.9 Å². The molecule has 1 saturated heterocycles. The molecule has 0 saturated carbocycles. The third-order valence-corrected chi connectivity index (χ3v) is 3.35. The predicted octanol–water partition coefficient (Wildman–Crippen LogP) is 2.58. The average molecular weight is 276 g/mol. The van der Waals surface area contributed by atoms with Crippen LogP contribution in [-0.2, 0) is 4.74 Å². The molecule has 5 heteroatoms. The van der Waals surface area contributed by atoms with E-state index in [2.05, 4.69) is 10.6 Å². The number of ether oxygens (including phenoxy) is 1. The van der Waals surface area contributed by atoms with Crippen LogP contribution < -0.4 is 10.6 Å². The van der Waals surface area contributed by atoms with Gasteiger partial charge in [0.05, 0.1) is 6.10 Å². The molecule has 1 heterocycles. The van der Waals surface area contributed by atoms with E-state index in [4.69, 9.17) is 4.74 Å². The van der Waals surface area contributed by atoms with Crippen molar-refractivity contribution in [1.29, 1.82) is 0 Å². The minimum atomic E-state index is -0.246. The second kappa shape index (κ2) is 6.52. The number of urea groups is 1. The van der Waals surface area contributed by atoms with Gasteiger partial charge < -0.3 is 15.4 Å². The molecule has 0 aromatic heterocycles. The van der Waals surface area contributed by atoms with Crippen LogP contribution in [0.1, 0.15) is 37.0 Å². The number of benzene rings is 1. The number of amides is 2. The van der Waals surface area contributed by atoms with Gasteiger partial charge in [-0.1, -0.05) is 12.1 Å². The number of nitrogens with one attached hydrogen (secondary N) is 2. The monoisotopic (exact) mass is 276 g/mol. The standard InChI is InChI=1S/C15H20N2O3/c1-10-8-14(6-7-20-10)17-15(19)16-13-5-3-4-12(9-13)11(2)18/h3-5,9-10,14H,6-8H2,1-2H3,(H2,16,17,19). The number of hydrogen-bond acceptors (Lipinski definition) is 3. The summed E-state index contributed by atoms with van der Waals surface area (Å²) < 4.78 is 5.44. The Balaban J connectivity index is 1.91. The molecule has 0 radical (unpaired) electrons. The highest BCUT2D eigenvalue weighted by molar-refractivity contribution is 5.96. The Labute approximate surface area is 118 Å². The van der Waals surface area contributed by atoms with Crippen LogP contribution in [0.3, 0.4) is 0 Å². The molecule has 1 fully saturated rings. The lowest BCUT2D eigenvalue weighted by molar-refractivity contribution is 0.0157. The third kappa shape index (κ3) is 4.06. The molecule has 0 bridgehead atoms. The number of carbonyl (C=O) groups is 2. The van der Waals surface area contributed by atoms with Crippen molar-refractivity contribution >= 4 is 17.5 Å². The highest BCUT2D eigenvalue weighted by atomic mass is 16.5. The molecule has 1 aromatic rings. The molecule has 2 atom stereocenters. The maximum Gasteiger partial charge on any atom is 0.319 e. The molecule has 2 rings (SSSR count). The minimum Gasteiger partial charge on any atom is -0.378 e. The van der Waals surface area contributed by atoms with Crippen LogP contribution >= 0.6 is 0 Å². The SMILES string of the molecule is CC(=O)c1cccc(NC(=O)NC2CCOC(C)C2)c1. The van der Waals surface area contributed by atoms with Crippen molar-refractivity contribution in [3.8, 4) is 0 Å². The van der Waals surface area contributed by atoms with E-state index >= 15 is 0 Å². The number of rotatable bonds is 3. The first-order valence-electron chi connectivity index (χ1n) is 6.84. The normalized spacial score (nSPS) is 22.1. The second-order valence-corrected chi connectivity index (χ2v) is 5.14. The van der Waals surface area contributed by atoms with Gasteiger partial charge in [0.2, 0.25) is 0 Å². The highest BCUT2D eigenvalue weighted by Gasteiger charge is 2.20. The van der Waals surface area contributed by atoms with Crippen LogP contribution in [0.5, 0.6) is 0 Å². The van der Waals surface area contributed by atoms with Gasteiger partial charge in [0.15, 0.2) is 5.78 Å². The van der Waals surface area contributed by atoms with Gasteiger partial charge in [0.1, 0.15) is 0 Å². The molecular weight excluding hydrogens is 256 g/mol. The molecule has 20 heavy (non-hydrogen) atoms. The van der Waals surface area contributed by atoms with Crippen LogP contribution in [0.4, 0.5) is 10.5 Å². The van der Waals surface area contributed by atoms with Crippen LogP contribution in [0.15, 0.2) is 24.3 Å². The summed E-state index contributed by atoms with van der Waals surface area (Å²) in [5.74, 6) is -0.0210. The van der Waals surface area contributed by atoms with E-state index in [1.54, 1.807) is 24.3 Å². The molecule has 2 N–H and O–H groups in total. The summed E-state index contributed by atoms with van der Waals surface area (Å²) in [7, 11) is 0. The van der Waals surface area contributed by atoms with E-state index in [1.165, 1.54) is 6.92 Å². The van der Waals surface area contributed by atoms with Crippen molar-refractivity contribution in [1.82, 2.24) is 5.32 Å². The number of hydrogen-bond donors (Lipinski definition) is 2. The van der Waals surface area contributed by atoms with Gasteiger partial charge >= 0.3 is 6.03 Å². The molecule has 5 nitrogen and oxygen atoms in total. The van der Waals surface area contributed by atoms with Crippen LogP contribution in [0.25, 0.3) is 0 Å². The number of Topliss-reactive ketones (excluding diaryl/α,β-unsaturated/α-hetero) is 1. The Morgan fingerprint density at radius 2 is 2.15 bits per heavy atom. The van der Waals surface area contributed by atoms with Crippen molar-refractivity contribution in [2.24, 2.45) is 0 Å². The van der Waals surface area contributed by atoms with Crippen LogP contribution in [0.2, 0.25) is 0 Å². The van der Waals surface area contributed by atoms with Gasteiger partial charge in [-0.25, -0.2) is 4.79 Å². The van der Waals surface area contributed by atoms with Crippen molar-refractivity contribution in [3.63, 3.8) is 0 Å². The van der Waals surface area contributed by atoms with Gasteiger partial charge in [-0.15, -0.1) is 0 Å². The molecule has 2 amide bonds. The first kappa shape index (κ1) is 14.5. The Morgan fingerprint density at radius 1 is 1.35 bits per heavy atom. The fraction of sp³-hybridized carbons (Fsp3) is 0.467. The summed E-state index contributed by atoms with van der Waals surface area (Å²) in [4.78, 5) is 23.2.